The number of aromatic nitrogens is 1. The zero-order valence-corrected chi connectivity index (χ0v) is 20.1. The molecule has 0 saturated heterocycles. The molecule has 2 aromatic rings. The van der Waals surface area contributed by atoms with E-state index in [0.29, 0.717) is 13.0 Å². The van der Waals surface area contributed by atoms with Crippen molar-refractivity contribution in [1.29, 1.82) is 0 Å². The molecule has 0 radical (unpaired) electrons. The molecule has 31 heavy (non-hydrogen) atoms. The van der Waals surface area contributed by atoms with Crippen molar-refractivity contribution in [2.45, 2.75) is 78.2 Å². The lowest BCUT2D eigenvalue weighted by Crippen LogP contribution is -2.56. The number of nitrogens with one attached hydrogen (secondary N) is 2. The van der Waals surface area contributed by atoms with Gasteiger partial charge in [0.15, 0.2) is 0 Å². The topological polar surface area (TPSA) is 74.4 Å². The van der Waals surface area contributed by atoms with Gasteiger partial charge in [0.1, 0.15) is 11.3 Å². The number of hydrogen-bond acceptors (Lipinski definition) is 3. The Hall–Kier alpha value is -2.50. The van der Waals surface area contributed by atoms with E-state index in [9.17, 15) is 9.59 Å². The Kier molecular flexibility index (Phi) is 8.96. The van der Waals surface area contributed by atoms with Crippen LogP contribution in [-0.2, 0) is 15.1 Å². The van der Waals surface area contributed by atoms with Gasteiger partial charge in [0.05, 0.1) is 7.11 Å². The quantitative estimate of drug-likeness (QED) is 0.464. The average molecular weight is 430 g/mol. The highest BCUT2D eigenvalue weighted by Gasteiger charge is 2.45. The normalized spacial score (nSPS) is 13.1. The van der Waals surface area contributed by atoms with Crippen molar-refractivity contribution in [2.75, 3.05) is 20.7 Å². The Balaban J connectivity index is 2.68. The molecule has 0 aliphatic rings. The van der Waals surface area contributed by atoms with E-state index in [2.05, 4.69) is 24.1 Å². The number of fused-ring (bicyclic) bond motifs is 1. The van der Waals surface area contributed by atoms with Gasteiger partial charge in [0.25, 0.3) is 5.91 Å². The van der Waals surface area contributed by atoms with Crippen molar-refractivity contribution in [3.63, 3.8) is 0 Å². The predicted octanol–water partition coefficient (Wildman–Crippen LogP) is 5.05. The number of rotatable bonds is 12. The van der Waals surface area contributed by atoms with Gasteiger partial charge in [-0.05, 0) is 38.0 Å². The summed E-state index contributed by atoms with van der Waals surface area (Å²) in [7, 11) is 3.47. The van der Waals surface area contributed by atoms with Gasteiger partial charge in [-0.1, -0.05) is 46.0 Å². The highest BCUT2D eigenvalue weighted by atomic mass is 16.5. The summed E-state index contributed by atoms with van der Waals surface area (Å²) in [6.07, 6.45) is 6.59. The molecule has 0 aliphatic heterocycles. The number of ether oxygens (including phenoxy) is 1. The van der Waals surface area contributed by atoms with Crippen LogP contribution in [-0.4, -0.2) is 42.4 Å². The van der Waals surface area contributed by atoms with E-state index in [1.54, 1.807) is 12.0 Å². The molecule has 6 nitrogen and oxygen atoms in total. The number of methoxy groups -OCH3 is 1. The lowest BCUT2D eigenvalue weighted by atomic mass is 9.81. The van der Waals surface area contributed by atoms with Crippen molar-refractivity contribution in [1.82, 2.24) is 15.2 Å². The number of unbranched alkanes of at least 4 members (excludes halogenated alkanes) is 4. The van der Waals surface area contributed by atoms with Gasteiger partial charge in [-0.3, -0.25) is 9.59 Å². The van der Waals surface area contributed by atoms with Gasteiger partial charge in [0, 0.05) is 42.7 Å². The largest absolute Gasteiger partial charge is 0.497 e. The molecule has 0 saturated carbocycles. The average Bonchev–Trinajstić information content (AvgIpc) is 3.08. The fourth-order valence-corrected chi connectivity index (χ4v) is 4.44. The van der Waals surface area contributed by atoms with Crippen molar-refractivity contribution in [2.24, 2.45) is 0 Å². The van der Waals surface area contributed by atoms with Crippen LogP contribution >= 0.6 is 0 Å². The van der Waals surface area contributed by atoms with Crippen LogP contribution in [0, 0.1) is 6.92 Å². The van der Waals surface area contributed by atoms with Crippen LogP contribution < -0.4 is 10.1 Å². The van der Waals surface area contributed by atoms with Crippen molar-refractivity contribution in [3.8, 4) is 5.75 Å². The van der Waals surface area contributed by atoms with Crippen molar-refractivity contribution >= 4 is 22.7 Å². The summed E-state index contributed by atoms with van der Waals surface area (Å²) >= 11 is 0. The lowest BCUT2D eigenvalue weighted by molar-refractivity contribution is -0.141. The molecule has 6 heteroatoms. The summed E-state index contributed by atoms with van der Waals surface area (Å²) in [6.45, 7) is 8.41. The van der Waals surface area contributed by atoms with Gasteiger partial charge in [-0.2, -0.15) is 0 Å². The van der Waals surface area contributed by atoms with Crippen LogP contribution in [0.1, 0.15) is 77.0 Å². The zero-order chi connectivity index (χ0) is 23.0. The van der Waals surface area contributed by atoms with Gasteiger partial charge < -0.3 is 19.9 Å². The smallest absolute Gasteiger partial charge is 0.252 e. The molecule has 1 unspecified atom stereocenters. The van der Waals surface area contributed by atoms with E-state index in [1.807, 2.05) is 32.2 Å². The minimum absolute atomic E-state index is 0.0560. The lowest BCUT2D eigenvalue weighted by Gasteiger charge is -2.37. The summed E-state index contributed by atoms with van der Waals surface area (Å²) in [5.74, 6) is 0.464. The number of H-pyrrole nitrogens is 1. The molecule has 172 valence electrons. The second-order valence-electron chi connectivity index (χ2n) is 8.51. The maximum absolute atomic E-state index is 14.0. The maximum Gasteiger partial charge on any atom is 0.252 e. The number of carbonyl (C=O) groups is 2. The summed E-state index contributed by atoms with van der Waals surface area (Å²) in [6, 6.07) is 5.82. The van der Waals surface area contributed by atoms with Gasteiger partial charge >= 0.3 is 0 Å². The van der Waals surface area contributed by atoms with Crippen molar-refractivity contribution in [3.05, 3.63) is 29.5 Å². The van der Waals surface area contributed by atoms with Crippen LogP contribution in [0.5, 0.6) is 5.75 Å². The molecule has 0 spiro atoms. The third kappa shape index (κ3) is 5.60. The second kappa shape index (κ2) is 11.2. The summed E-state index contributed by atoms with van der Waals surface area (Å²) in [5.41, 5.74) is 1.56. The van der Waals surface area contributed by atoms with Crippen LogP contribution in [0.2, 0.25) is 0 Å². The molecule has 1 aromatic carbocycles. The molecule has 1 heterocycles. The standard InChI is InChI=1S/C25H39N3O3/c1-7-9-11-12-15-25(27-19(4)29,24(30)28(5)16-10-8-2)23-18(3)26-22-14-13-20(31-6)17-21(22)23/h13-14,17,26H,7-12,15-16H2,1-6H3,(H,27,29). The van der Waals surface area contributed by atoms with E-state index >= 15 is 0 Å². The van der Waals surface area contributed by atoms with E-state index < -0.39 is 5.54 Å². The Bertz CT molecular complexity index is 890. The van der Waals surface area contributed by atoms with Gasteiger partial charge in [0.2, 0.25) is 5.91 Å². The third-order valence-corrected chi connectivity index (χ3v) is 5.97. The Morgan fingerprint density at radius 2 is 1.84 bits per heavy atom. The second-order valence-corrected chi connectivity index (χ2v) is 8.51. The molecular weight excluding hydrogens is 390 g/mol. The molecule has 0 fully saturated rings. The molecule has 2 amide bonds. The maximum atomic E-state index is 14.0. The summed E-state index contributed by atoms with van der Waals surface area (Å²) in [4.78, 5) is 31.6. The number of amides is 2. The Morgan fingerprint density at radius 1 is 1.13 bits per heavy atom. The minimum Gasteiger partial charge on any atom is -0.497 e. The van der Waals surface area contributed by atoms with Crippen LogP contribution in [0.4, 0.5) is 0 Å². The Morgan fingerprint density at radius 3 is 2.45 bits per heavy atom. The first-order valence-corrected chi connectivity index (χ1v) is 11.5. The first kappa shape index (κ1) is 24.8. The van der Waals surface area contributed by atoms with Crippen LogP contribution in [0.3, 0.4) is 0 Å². The Labute approximate surface area is 186 Å². The fraction of sp³-hybridized carbons (Fsp3) is 0.600. The molecule has 2 rings (SSSR count). The molecule has 0 bridgehead atoms. The number of carbonyl (C=O) groups excluding carboxylic acids is 2. The zero-order valence-electron chi connectivity index (χ0n) is 20.1. The number of benzene rings is 1. The monoisotopic (exact) mass is 429 g/mol. The van der Waals surface area contributed by atoms with E-state index in [1.165, 1.54) is 6.92 Å². The van der Waals surface area contributed by atoms with E-state index in [0.717, 1.165) is 66.4 Å². The molecule has 1 aromatic heterocycles. The highest BCUT2D eigenvalue weighted by molar-refractivity contribution is 5.98. The molecule has 2 N–H and O–H groups in total. The molecule has 1 atom stereocenters. The summed E-state index contributed by atoms with van der Waals surface area (Å²) in [5, 5.41) is 4.02. The SMILES string of the molecule is CCCCCCC(NC(C)=O)(C(=O)N(C)CCCC)c1c(C)[nH]c2ccc(OC)cc12. The predicted molar refractivity (Wildman–Crippen MR) is 126 cm³/mol. The third-order valence-electron chi connectivity index (χ3n) is 5.97. The van der Waals surface area contributed by atoms with Crippen LogP contribution in [0.25, 0.3) is 10.9 Å². The van der Waals surface area contributed by atoms with E-state index in [4.69, 9.17) is 4.74 Å². The van der Waals surface area contributed by atoms with Gasteiger partial charge in [-0.15, -0.1) is 0 Å². The van der Waals surface area contributed by atoms with Crippen LogP contribution in [0.15, 0.2) is 18.2 Å². The first-order chi connectivity index (χ1) is 14.8. The fourth-order valence-electron chi connectivity index (χ4n) is 4.44. The highest BCUT2D eigenvalue weighted by Crippen LogP contribution is 2.39. The molecule has 0 aliphatic carbocycles. The number of aromatic amines is 1. The number of likely N-dealkylation sites (N-methyl/N-ethyl adjacent to an activating group) is 1. The first-order valence-electron chi connectivity index (χ1n) is 11.5. The number of aryl methyl sites for hydroxylation is 1. The minimum atomic E-state index is -1.11. The van der Waals surface area contributed by atoms with Gasteiger partial charge in [-0.25, -0.2) is 0 Å². The number of nitrogens with zero attached hydrogens (tertiary/aromatic N) is 1. The number of hydrogen-bond donors (Lipinski definition) is 2. The molecular formula is C25H39N3O3. The van der Waals surface area contributed by atoms with E-state index in [-0.39, 0.29) is 11.8 Å². The summed E-state index contributed by atoms with van der Waals surface area (Å²) < 4.78 is 5.46. The van der Waals surface area contributed by atoms with Crippen molar-refractivity contribution < 1.29 is 14.3 Å².